The van der Waals surface area contributed by atoms with E-state index in [1.807, 2.05) is 0 Å². The van der Waals surface area contributed by atoms with Crippen molar-refractivity contribution >= 4 is 21.7 Å². The number of benzene rings is 2. The van der Waals surface area contributed by atoms with Gasteiger partial charge in [0.25, 0.3) is 0 Å². The van der Waals surface area contributed by atoms with Crippen molar-refractivity contribution in [3.05, 3.63) is 70.2 Å². The van der Waals surface area contributed by atoms with E-state index in [1.165, 1.54) is 6.07 Å². The molecule has 2 rings (SSSR count). The fourth-order valence-electron chi connectivity index (χ4n) is 1.77. The Morgan fingerprint density at radius 2 is 1.63 bits per heavy atom. The molecule has 0 spiro atoms. The van der Waals surface area contributed by atoms with Crippen molar-refractivity contribution in [1.29, 1.82) is 0 Å². The summed E-state index contributed by atoms with van der Waals surface area (Å²) in [6.45, 7) is 0. The average Bonchev–Trinajstić information content (AvgIpc) is 2.46. The summed E-state index contributed by atoms with van der Waals surface area (Å²) in [6.07, 6.45) is -3.44. The van der Waals surface area contributed by atoms with Crippen LogP contribution in [0.25, 0.3) is 0 Å². The van der Waals surface area contributed by atoms with Crippen LogP contribution in [0.3, 0.4) is 0 Å². The van der Waals surface area contributed by atoms with Gasteiger partial charge in [0.05, 0.1) is 0 Å². The van der Waals surface area contributed by atoms with E-state index in [2.05, 4.69) is 15.9 Å². The molecule has 0 amide bonds. The Hall–Kier alpha value is -1.52. The lowest BCUT2D eigenvalue weighted by Gasteiger charge is -2.15. The second-order valence-electron chi connectivity index (χ2n) is 4.10. The molecule has 0 fully saturated rings. The van der Waals surface area contributed by atoms with Crippen molar-refractivity contribution in [2.75, 3.05) is 0 Å². The summed E-state index contributed by atoms with van der Waals surface area (Å²) in [7, 11) is 0. The smallest absolute Gasteiger partial charge is 0.201 e. The van der Waals surface area contributed by atoms with Crippen LogP contribution < -0.4 is 0 Å². The standard InChI is InChI=1S/C15H12BrFO2/c16-12-9-5-4-8-11(12)15(19)13(17)14(18)10-6-2-1-3-7-10/h1-9,13-14,18H. The third kappa shape index (κ3) is 3.08. The number of ketones is 1. The fourth-order valence-corrected chi connectivity index (χ4v) is 2.25. The minimum Gasteiger partial charge on any atom is -0.385 e. The van der Waals surface area contributed by atoms with E-state index in [0.717, 1.165) is 0 Å². The molecule has 98 valence electrons. The summed E-state index contributed by atoms with van der Waals surface area (Å²) in [5, 5.41) is 9.90. The molecule has 2 aromatic carbocycles. The number of aliphatic hydroxyl groups excluding tert-OH is 1. The van der Waals surface area contributed by atoms with Crippen LogP contribution in [0.4, 0.5) is 4.39 Å². The second-order valence-corrected chi connectivity index (χ2v) is 4.96. The minimum absolute atomic E-state index is 0.227. The molecule has 2 atom stereocenters. The maximum Gasteiger partial charge on any atom is 0.201 e. The van der Waals surface area contributed by atoms with Crippen LogP contribution in [-0.2, 0) is 0 Å². The number of carbonyl (C=O) groups is 1. The normalized spacial score (nSPS) is 13.8. The first-order valence-electron chi connectivity index (χ1n) is 5.77. The number of alkyl halides is 1. The Morgan fingerprint density at radius 3 is 2.26 bits per heavy atom. The number of hydrogen-bond donors (Lipinski definition) is 1. The van der Waals surface area contributed by atoms with Gasteiger partial charge in [-0.05, 0) is 11.6 Å². The maximum absolute atomic E-state index is 14.1. The molecule has 19 heavy (non-hydrogen) atoms. The third-order valence-electron chi connectivity index (χ3n) is 2.81. The summed E-state index contributed by atoms with van der Waals surface area (Å²) in [6, 6.07) is 14.9. The Labute approximate surface area is 119 Å². The second kappa shape index (κ2) is 6.08. The molecule has 0 aliphatic heterocycles. The molecule has 0 aliphatic rings. The summed E-state index contributed by atoms with van der Waals surface area (Å²) >= 11 is 3.20. The highest BCUT2D eigenvalue weighted by Gasteiger charge is 2.29. The maximum atomic E-state index is 14.1. The van der Waals surface area contributed by atoms with Gasteiger partial charge < -0.3 is 5.11 Å². The van der Waals surface area contributed by atoms with Crippen LogP contribution in [0, 0.1) is 0 Å². The largest absolute Gasteiger partial charge is 0.385 e. The third-order valence-corrected chi connectivity index (χ3v) is 3.50. The van der Waals surface area contributed by atoms with Gasteiger partial charge in [-0.3, -0.25) is 4.79 Å². The Bertz CT molecular complexity index is 571. The number of aliphatic hydroxyl groups is 1. The highest BCUT2D eigenvalue weighted by molar-refractivity contribution is 9.10. The van der Waals surface area contributed by atoms with E-state index in [9.17, 15) is 14.3 Å². The zero-order valence-corrected chi connectivity index (χ0v) is 11.5. The Balaban J connectivity index is 2.23. The van der Waals surface area contributed by atoms with Gasteiger partial charge in [0.2, 0.25) is 5.78 Å². The summed E-state index contributed by atoms with van der Waals surface area (Å²) < 4.78 is 14.6. The van der Waals surface area contributed by atoms with Crippen molar-refractivity contribution in [1.82, 2.24) is 0 Å². The van der Waals surface area contributed by atoms with Crippen molar-refractivity contribution in [3.63, 3.8) is 0 Å². The van der Waals surface area contributed by atoms with Gasteiger partial charge in [-0.2, -0.15) is 0 Å². The lowest BCUT2D eigenvalue weighted by atomic mass is 9.98. The van der Waals surface area contributed by atoms with Gasteiger partial charge >= 0.3 is 0 Å². The molecule has 2 aromatic rings. The van der Waals surface area contributed by atoms with E-state index in [0.29, 0.717) is 10.0 Å². The van der Waals surface area contributed by atoms with Gasteiger partial charge in [-0.15, -0.1) is 0 Å². The predicted molar refractivity (Wildman–Crippen MR) is 74.8 cm³/mol. The Morgan fingerprint density at radius 1 is 1.05 bits per heavy atom. The van der Waals surface area contributed by atoms with Crippen LogP contribution >= 0.6 is 15.9 Å². The monoisotopic (exact) mass is 322 g/mol. The van der Waals surface area contributed by atoms with E-state index in [-0.39, 0.29) is 5.56 Å². The molecule has 2 unspecified atom stereocenters. The van der Waals surface area contributed by atoms with Crippen LogP contribution in [0.1, 0.15) is 22.0 Å². The van der Waals surface area contributed by atoms with Gasteiger partial charge in [-0.25, -0.2) is 4.39 Å². The number of rotatable bonds is 4. The number of Topliss-reactive ketones (excluding diaryl/α,β-unsaturated/α-hetero) is 1. The average molecular weight is 323 g/mol. The first-order valence-corrected chi connectivity index (χ1v) is 6.56. The summed E-state index contributed by atoms with van der Waals surface area (Å²) in [4.78, 5) is 12.0. The number of halogens is 2. The van der Waals surface area contributed by atoms with Crippen LogP contribution in [-0.4, -0.2) is 17.1 Å². The fraction of sp³-hybridized carbons (Fsp3) is 0.133. The number of hydrogen-bond acceptors (Lipinski definition) is 2. The Kier molecular flexibility index (Phi) is 4.45. The quantitative estimate of drug-likeness (QED) is 0.871. The van der Waals surface area contributed by atoms with Gasteiger partial charge in [0.1, 0.15) is 6.10 Å². The molecule has 2 nitrogen and oxygen atoms in total. The first-order chi connectivity index (χ1) is 9.11. The van der Waals surface area contributed by atoms with Crippen LogP contribution in [0.2, 0.25) is 0 Å². The summed E-state index contributed by atoms with van der Waals surface area (Å²) in [5.74, 6) is -0.733. The highest BCUT2D eigenvalue weighted by Crippen LogP contribution is 2.25. The summed E-state index contributed by atoms with van der Waals surface area (Å²) in [5.41, 5.74) is 0.611. The molecular weight excluding hydrogens is 311 g/mol. The van der Waals surface area contributed by atoms with Crippen LogP contribution in [0.15, 0.2) is 59.1 Å². The molecule has 0 saturated heterocycles. The predicted octanol–water partition coefficient (Wildman–Crippen LogP) is 3.70. The van der Waals surface area contributed by atoms with Crippen molar-refractivity contribution in [2.24, 2.45) is 0 Å². The number of carbonyl (C=O) groups excluding carboxylic acids is 1. The zero-order valence-electron chi connectivity index (χ0n) is 9.96. The first kappa shape index (κ1) is 13.9. The molecule has 0 aliphatic carbocycles. The molecule has 0 saturated carbocycles. The molecule has 4 heteroatoms. The lowest BCUT2D eigenvalue weighted by molar-refractivity contribution is 0.0548. The van der Waals surface area contributed by atoms with Gasteiger partial charge in [0.15, 0.2) is 6.17 Å². The molecule has 0 bridgehead atoms. The van der Waals surface area contributed by atoms with Gasteiger partial charge in [-0.1, -0.05) is 64.5 Å². The molecule has 1 N–H and O–H groups in total. The van der Waals surface area contributed by atoms with E-state index >= 15 is 0 Å². The molecular formula is C15H12BrFO2. The SMILES string of the molecule is O=C(c1ccccc1Br)C(F)C(O)c1ccccc1. The van der Waals surface area contributed by atoms with E-state index < -0.39 is 18.1 Å². The van der Waals surface area contributed by atoms with Crippen molar-refractivity contribution < 1.29 is 14.3 Å². The molecule has 0 aromatic heterocycles. The highest BCUT2D eigenvalue weighted by atomic mass is 79.9. The molecule has 0 heterocycles. The lowest BCUT2D eigenvalue weighted by Crippen LogP contribution is -2.24. The van der Waals surface area contributed by atoms with Crippen molar-refractivity contribution in [3.8, 4) is 0 Å². The van der Waals surface area contributed by atoms with Crippen molar-refractivity contribution in [2.45, 2.75) is 12.3 Å². The molecule has 0 radical (unpaired) electrons. The van der Waals surface area contributed by atoms with E-state index in [4.69, 9.17) is 0 Å². The van der Waals surface area contributed by atoms with Crippen LogP contribution in [0.5, 0.6) is 0 Å². The minimum atomic E-state index is -1.99. The van der Waals surface area contributed by atoms with E-state index in [1.54, 1.807) is 48.5 Å². The van der Waals surface area contributed by atoms with Gasteiger partial charge in [0, 0.05) is 10.0 Å². The zero-order chi connectivity index (χ0) is 13.8. The topological polar surface area (TPSA) is 37.3 Å².